The number of nitrogens with one attached hydrogen (secondary N) is 3. The smallest absolute Gasteiger partial charge is 0.229 e. The molecule has 9 heteroatoms. The summed E-state index contributed by atoms with van der Waals surface area (Å²) in [6.45, 7) is 5.71. The molecule has 2 aromatic rings. The number of guanidine groups is 2. The molecule has 0 amide bonds. The Labute approximate surface area is 183 Å². The molecule has 0 radical (unpaired) electrons. The number of anilines is 1. The first kappa shape index (κ1) is 21.2. The van der Waals surface area contributed by atoms with Gasteiger partial charge in [0.25, 0.3) is 0 Å². The second-order valence-electron chi connectivity index (χ2n) is 8.05. The number of hydrogen-bond donors (Lipinski definition) is 4. The molecule has 0 saturated carbocycles. The van der Waals surface area contributed by atoms with E-state index in [0.29, 0.717) is 24.9 Å². The topological polar surface area (TPSA) is 106 Å². The summed E-state index contributed by atoms with van der Waals surface area (Å²) in [4.78, 5) is 18.3. The molecule has 9 nitrogen and oxygen atoms in total. The maximum Gasteiger partial charge on any atom is 0.229 e. The van der Waals surface area contributed by atoms with Gasteiger partial charge < -0.3 is 25.8 Å². The van der Waals surface area contributed by atoms with Crippen molar-refractivity contribution in [3.63, 3.8) is 0 Å². The Morgan fingerprint density at radius 1 is 1.10 bits per heavy atom. The molecule has 1 saturated heterocycles. The Kier molecular flexibility index (Phi) is 6.76. The summed E-state index contributed by atoms with van der Waals surface area (Å²) >= 11 is 0. The molecule has 0 aliphatic carbocycles. The number of piperazine rings is 1. The maximum atomic E-state index is 6.70. The van der Waals surface area contributed by atoms with Crippen molar-refractivity contribution in [2.24, 2.45) is 15.7 Å². The van der Waals surface area contributed by atoms with Crippen LogP contribution in [0.3, 0.4) is 0 Å². The summed E-state index contributed by atoms with van der Waals surface area (Å²) in [5.74, 6) is 0.136. The maximum absolute atomic E-state index is 6.70. The van der Waals surface area contributed by atoms with Crippen LogP contribution < -0.4 is 21.7 Å². The zero-order chi connectivity index (χ0) is 21.5. The van der Waals surface area contributed by atoms with Gasteiger partial charge in [0.15, 0.2) is 5.79 Å². The summed E-state index contributed by atoms with van der Waals surface area (Å²) in [6.07, 6.45) is 4.26. The van der Waals surface area contributed by atoms with Crippen LogP contribution in [0.5, 0.6) is 0 Å². The standard InChI is InChI=1S/C22H31N9/c1-30-12-14-31(15-13-30)11-9-22(23)28-20(25-17-18-6-5-10-24-16-18)27-21(29-22)26-19-7-3-2-4-8-19/h2-8,10,16H,9,11-15,17,23H2,1H3,(H3,25,26,27,28,29). The Balaban J connectivity index is 1.45. The van der Waals surface area contributed by atoms with Crippen LogP contribution in [-0.2, 0) is 6.54 Å². The molecule has 3 heterocycles. The van der Waals surface area contributed by atoms with E-state index < -0.39 is 5.79 Å². The number of aromatic nitrogens is 1. The first-order valence-electron chi connectivity index (χ1n) is 10.7. The first-order chi connectivity index (χ1) is 15.1. The molecule has 1 aromatic heterocycles. The number of para-hydroxylation sites is 1. The zero-order valence-corrected chi connectivity index (χ0v) is 18.0. The molecule has 0 spiro atoms. The summed E-state index contributed by atoms with van der Waals surface area (Å²) in [5.41, 5.74) is 8.68. The van der Waals surface area contributed by atoms with Gasteiger partial charge in [0.1, 0.15) is 0 Å². The van der Waals surface area contributed by atoms with Crippen LogP contribution in [0.4, 0.5) is 5.69 Å². The van der Waals surface area contributed by atoms with Crippen LogP contribution in [0.15, 0.2) is 64.8 Å². The molecular formula is C22H31N9. The molecular weight excluding hydrogens is 390 g/mol. The highest BCUT2D eigenvalue weighted by molar-refractivity contribution is 6.03. The number of likely N-dealkylation sites (N-methyl/N-ethyl adjacent to an activating group) is 1. The number of aliphatic imine (C=N–C) groups is 2. The van der Waals surface area contributed by atoms with Crippen LogP contribution in [0, 0.1) is 0 Å². The van der Waals surface area contributed by atoms with Crippen molar-refractivity contribution in [2.45, 2.75) is 18.8 Å². The van der Waals surface area contributed by atoms with E-state index in [1.165, 1.54) is 0 Å². The minimum absolute atomic E-state index is 0.486. The fraction of sp³-hybridized carbons (Fsp3) is 0.409. The van der Waals surface area contributed by atoms with Gasteiger partial charge in [-0.25, -0.2) is 4.99 Å². The predicted molar refractivity (Wildman–Crippen MR) is 125 cm³/mol. The lowest BCUT2D eigenvalue weighted by Crippen LogP contribution is -2.62. The van der Waals surface area contributed by atoms with Crippen molar-refractivity contribution in [1.29, 1.82) is 0 Å². The van der Waals surface area contributed by atoms with Crippen molar-refractivity contribution in [3.05, 3.63) is 60.4 Å². The van der Waals surface area contributed by atoms with Gasteiger partial charge in [0.2, 0.25) is 11.9 Å². The van der Waals surface area contributed by atoms with Gasteiger partial charge in [-0.2, -0.15) is 4.99 Å². The molecule has 1 atom stereocenters. The summed E-state index contributed by atoms with van der Waals surface area (Å²) in [6, 6.07) is 13.8. The van der Waals surface area contributed by atoms with Gasteiger partial charge in [-0.1, -0.05) is 24.3 Å². The van der Waals surface area contributed by atoms with Crippen molar-refractivity contribution < 1.29 is 0 Å². The Hall–Kier alpha value is -3.01. The van der Waals surface area contributed by atoms with Gasteiger partial charge in [-0.05, 0) is 30.8 Å². The third-order valence-electron chi connectivity index (χ3n) is 5.48. The molecule has 4 rings (SSSR count). The first-order valence-corrected chi connectivity index (χ1v) is 10.7. The second-order valence-corrected chi connectivity index (χ2v) is 8.05. The van der Waals surface area contributed by atoms with Crippen LogP contribution >= 0.6 is 0 Å². The van der Waals surface area contributed by atoms with Gasteiger partial charge in [-0.15, -0.1) is 0 Å². The van der Waals surface area contributed by atoms with E-state index in [9.17, 15) is 0 Å². The zero-order valence-electron chi connectivity index (χ0n) is 18.0. The third kappa shape index (κ3) is 6.24. The lowest BCUT2D eigenvalue weighted by Gasteiger charge is -2.36. The second kappa shape index (κ2) is 9.86. The van der Waals surface area contributed by atoms with E-state index in [1.54, 1.807) is 6.20 Å². The third-order valence-corrected chi connectivity index (χ3v) is 5.48. The largest absolute Gasteiger partial charge is 0.352 e. The fourth-order valence-corrected chi connectivity index (χ4v) is 3.58. The lowest BCUT2D eigenvalue weighted by molar-refractivity contribution is 0.141. The highest BCUT2D eigenvalue weighted by atomic mass is 15.4. The van der Waals surface area contributed by atoms with Crippen LogP contribution in [0.2, 0.25) is 0 Å². The Bertz CT molecular complexity index is 892. The van der Waals surface area contributed by atoms with E-state index in [-0.39, 0.29) is 0 Å². The molecule has 164 valence electrons. The highest BCUT2D eigenvalue weighted by Gasteiger charge is 2.31. The van der Waals surface area contributed by atoms with Gasteiger partial charge in [0, 0.05) is 63.8 Å². The fourth-order valence-electron chi connectivity index (χ4n) is 3.58. The van der Waals surface area contributed by atoms with Crippen LogP contribution in [0.1, 0.15) is 12.0 Å². The number of hydrogen-bond acceptors (Lipinski definition) is 9. The lowest BCUT2D eigenvalue weighted by atomic mass is 10.2. The molecule has 2 aliphatic heterocycles. The van der Waals surface area contributed by atoms with E-state index in [4.69, 9.17) is 10.7 Å². The van der Waals surface area contributed by atoms with Crippen molar-refractivity contribution >= 4 is 17.6 Å². The van der Waals surface area contributed by atoms with Crippen LogP contribution in [-0.4, -0.2) is 72.3 Å². The van der Waals surface area contributed by atoms with Crippen molar-refractivity contribution in [3.8, 4) is 0 Å². The van der Waals surface area contributed by atoms with Gasteiger partial charge in [-0.3, -0.25) is 10.7 Å². The monoisotopic (exact) mass is 421 g/mol. The van der Waals surface area contributed by atoms with Crippen LogP contribution in [0.25, 0.3) is 0 Å². The number of nitrogens with zero attached hydrogens (tertiary/aromatic N) is 5. The average Bonchev–Trinajstić information content (AvgIpc) is 2.78. The number of rotatable bonds is 6. The quantitative estimate of drug-likeness (QED) is 0.548. The van der Waals surface area contributed by atoms with E-state index >= 15 is 0 Å². The van der Waals surface area contributed by atoms with Crippen molar-refractivity contribution in [1.82, 2.24) is 25.4 Å². The summed E-state index contributed by atoms with van der Waals surface area (Å²) < 4.78 is 0. The summed E-state index contributed by atoms with van der Waals surface area (Å²) in [7, 11) is 2.16. The van der Waals surface area contributed by atoms with Gasteiger partial charge in [0.05, 0.1) is 0 Å². The minimum atomic E-state index is -0.945. The molecule has 0 bridgehead atoms. The number of nitrogens with two attached hydrogens (primary N) is 1. The summed E-state index contributed by atoms with van der Waals surface area (Å²) in [5, 5.41) is 9.90. The van der Waals surface area contributed by atoms with Gasteiger partial charge >= 0.3 is 0 Å². The number of pyridine rings is 1. The average molecular weight is 422 g/mol. The minimum Gasteiger partial charge on any atom is -0.352 e. The SMILES string of the molecule is CN1CCN(CCC2(N)N=C(Nc3ccccc3)N=C(NCc3cccnc3)N2)CC1. The molecule has 5 N–H and O–H groups in total. The predicted octanol–water partition coefficient (Wildman–Crippen LogP) is 0.849. The molecule has 2 aliphatic rings. The molecule has 1 fully saturated rings. The van der Waals surface area contributed by atoms with E-state index in [2.05, 4.69) is 42.8 Å². The Morgan fingerprint density at radius 3 is 2.65 bits per heavy atom. The van der Waals surface area contributed by atoms with E-state index in [1.807, 2.05) is 48.7 Å². The number of benzene rings is 1. The highest BCUT2D eigenvalue weighted by Crippen LogP contribution is 2.14. The normalized spacial score (nSPS) is 22.3. The van der Waals surface area contributed by atoms with E-state index in [0.717, 1.165) is 44.0 Å². The van der Waals surface area contributed by atoms with Crippen molar-refractivity contribution in [2.75, 3.05) is 45.1 Å². The molecule has 1 aromatic carbocycles. The Morgan fingerprint density at radius 2 is 1.90 bits per heavy atom. The molecule has 1 unspecified atom stereocenters. The molecule has 31 heavy (non-hydrogen) atoms.